The molecule has 1 heterocycles. The Labute approximate surface area is 114 Å². The first kappa shape index (κ1) is 13.9. The number of nitrogens with zero attached hydrogens (tertiary/aromatic N) is 1. The monoisotopic (exact) mass is 263 g/mol. The van der Waals surface area contributed by atoms with Crippen LogP contribution < -0.4 is 4.74 Å². The third kappa shape index (κ3) is 3.47. The van der Waals surface area contributed by atoms with Gasteiger partial charge in [0.25, 0.3) is 0 Å². The Hall–Kier alpha value is -1.55. The lowest BCUT2D eigenvalue weighted by atomic mass is 10.1. The Kier molecular flexibility index (Phi) is 4.43. The zero-order valence-electron chi connectivity index (χ0n) is 11.6. The molecular weight excluding hydrogens is 242 g/mol. The summed E-state index contributed by atoms with van der Waals surface area (Å²) in [5.41, 5.74) is 2.17. The van der Waals surface area contributed by atoms with Gasteiger partial charge in [0, 0.05) is 13.1 Å². The molecule has 0 radical (unpaired) electrons. The van der Waals surface area contributed by atoms with Crippen LogP contribution in [-0.4, -0.2) is 41.7 Å². The lowest BCUT2D eigenvalue weighted by molar-refractivity contribution is -0.131. The van der Waals surface area contributed by atoms with Crippen molar-refractivity contribution in [3.63, 3.8) is 0 Å². The Morgan fingerprint density at radius 3 is 2.68 bits per heavy atom. The number of carbonyl (C=O) groups is 1. The molecule has 4 nitrogen and oxygen atoms in total. The number of amides is 1. The molecule has 1 fully saturated rings. The van der Waals surface area contributed by atoms with Gasteiger partial charge in [0.15, 0.2) is 0 Å². The average Bonchev–Trinajstić information content (AvgIpc) is 2.79. The second-order valence-electron chi connectivity index (χ2n) is 5.10. The molecule has 0 aliphatic carbocycles. The summed E-state index contributed by atoms with van der Waals surface area (Å²) in [6.45, 7) is 5.50. The van der Waals surface area contributed by atoms with Crippen LogP contribution in [0.1, 0.15) is 24.0 Å². The predicted octanol–water partition coefficient (Wildman–Crippen LogP) is 1.67. The second kappa shape index (κ2) is 6.06. The molecule has 1 atom stereocenters. The third-order valence-electron chi connectivity index (χ3n) is 3.49. The van der Waals surface area contributed by atoms with Gasteiger partial charge in [0.2, 0.25) is 5.91 Å². The van der Waals surface area contributed by atoms with E-state index in [2.05, 4.69) is 0 Å². The van der Waals surface area contributed by atoms with Crippen LogP contribution in [0.3, 0.4) is 0 Å². The van der Waals surface area contributed by atoms with Gasteiger partial charge < -0.3 is 14.7 Å². The number of β-amino-alcohol motifs (C(OH)–C–C–N with tert-alkyl or cyclic N) is 1. The molecule has 1 amide bonds. The summed E-state index contributed by atoms with van der Waals surface area (Å²) in [4.78, 5) is 13.6. The summed E-state index contributed by atoms with van der Waals surface area (Å²) in [6.07, 6.45) is 0.688. The van der Waals surface area contributed by atoms with Crippen LogP contribution in [0.25, 0.3) is 0 Å². The van der Waals surface area contributed by atoms with Crippen molar-refractivity contribution in [2.75, 3.05) is 19.7 Å². The van der Waals surface area contributed by atoms with E-state index in [1.165, 1.54) is 0 Å². The van der Waals surface area contributed by atoms with Crippen LogP contribution in [0.15, 0.2) is 18.2 Å². The number of benzene rings is 1. The number of hydrogen-bond acceptors (Lipinski definition) is 3. The van der Waals surface area contributed by atoms with E-state index in [0.717, 1.165) is 16.9 Å². The van der Waals surface area contributed by atoms with Crippen LogP contribution in [0, 0.1) is 13.8 Å². The zero-order chi connectivity index (χ0) is 13.8. The highest BCUT2D eigenvalue weighted by Crippen LogP contribution is 2.22. The number of para-hydroxylation sites is 1. The number of hydrogen-bond donors (Lipinski definition) is 1. The number of ether oxygens (including phenoxy) is 1. The highest BCUT2D eigenvalue weighted by Gasteiger charge is 2.24. The van der Waals surface area contributed by atoms with Gasteiger partial charge in [-0.15, -0.1) is 0 Å². The summed E-state index contributed by atoms with van der Waals surface area (Å²) < 4.78 is 5.71. The van der Waals surface area contributed by atoms with Gasteiger partial charge in [-0.2, -0.15) is 0 Å². The van der Waals surface area contributed by atoms with Crippen LogP contribution in [0.4, 0.5) is 0 Å². The molecule has 1 aliphatic heterocycles. The molecule has 1 aromatic rings. The minimum Gasteiger partial charge on any atom is -0.493 e. The van der Waals surface area contributed by atoms with Crippen molar-refractivity contribution in [1.82, 2.24) is 4.90 Å². The molecule has 0 unspecified atom stereocenters. The quantitative estimate of drug-likeness (QED) is 0.899. The minimum absolute atomic E-state index is 0.0581. The third-order valence-corrected chi connectivity index (χ3v) is 3.49. The number of aryl methyl sites for hydroxylation is 2. The highest BCUT2D eigenvalue weighted by molar-refractivity contribution is 5.76. The van der Waals surface area contributed by atoms with Crippen LogP contribution in [0.2, 0.25) is 0 Å². The Morgan fingerprint density at radius 2 is 2.11 bits per heavy atom. The van der Waals surface area contributed by atoms with E-state index < -0.39 is 0 Å². The van der Waals surface area contributed by atoms with Crippen LogP contribution in [-0.2, 0) is 4.79 Å². The van der Waals surface area contributed by atoms with E-state index in [-0.39, 0.29) is 12.0 Å². The van der Waals surface area contributed by atoms with E-state index in [1.807, 2.05) is 32.0 Å². The van der Waals surface area contributed by atoms with Crippen molar-refractivity contribution in [3.05, 3.63) is 29.3 Å². The fraction of sp³-hybridized carbons (Fsp3) is 0.533. The first-order valence-corrected chi connectivity index (χ1v) is 6.73. The molecule has 19 heavy (non-hydrogen) atoms. The number of aliphatic hydroxyl groups excluding tert-OH is 1. The minimum atomic E-state index is -0.358. The molecule has 0 aromatic heterocycles. The molecule has 0 bridgehead atoms. The standard InChI is InChI=1S/C15H21NO3/c1-11-4-3-5-12(2)15(11)19-9-7-14(18)16-8-6-13(17)10-16/h3-5,13,17H,6-10H2,1-2H3/t13-/m1/s1. The Balaban J connectivity index is 1.82. The highest BCUT2D eigenvalue weighted by atomic mass is 16.5. The van der Waals surface area contributed by atoms with E-state index in [4.69, 9.17) is 4.74 Å². The molecule has 4 heteroatoms. The van der Waals surface area contributed by atoms with Gasteiger partial charge >= 0.3 is 0 Å². The molecule has 1 saturated heterocycles. The van der Waals surface area contributed by atoms with Crippen molar-refractivity contribution in [2.24, 2.45) is 0 Å². The van der Waals surface area contributed by atoms with Crippen molar-refractivity contribution < 1.29 is 14.6 Å². The second-order valence-corrected chi connectivity index (χ2v) is 5.10. The van der Waals surface area contributed by atoms with E-state index in [9.17, 15) is 9.90 Å². The van der Waals surface area contributed by atoms with Crippen LogP contribution >= 0.6 is 0 Å². The maximum atomic E-state index is 11.9. The molecule has 104 valence electrons. The van der Waals surface area contributed by atoms with E-state index in [1.54, 1.807) is 4.90 Å². The summed E-state index contributed by atoms with van der Waals surface area (Å²) in [7, 11) is 0. The lowest BCUT2D eigenvalue weighted by Crippen LogP contribution is -2.30. The van der Waals surface area contributed by atoms with Crippen molar-refractivity contribution in [3.8, 4) is 5.75 Å². The fourth-order valence-corrected chi connectivity index (χ4v) is 2.39. The van der Waals surface area contributed by atoms with E-state index >= 15 is 0 Å². The van der Waals surface area contributed by atoms with Gasteiger partial charge in [-0.1, -0.05) is 18.2 Å². The van der Waals surface area contributed by atoms with Gasteiger partial charge in [-0.3, -0.25) is 4.79 Å². The molecular formula is C15H21NO3. The zero-order valence-corrected chi connectivity index (χ0v) is 11.6. The lowest BCUT2D eigenvalue weighted by Gasteiger charge is -2.16. The smallest absolute Gasteiger partial charge is 0.226 e. The van der Waals surface area contributed by atoms with Crippen molar-refractivity contribution in [2.45, 2.75) is 32.8 Å². The van der Waals surface area contributed by atoms with Gasteiger partial charge in [-0.25, -0.2) is 0 Å². The average molecular weight is 263 g/mol. The summed E-state index contributed by atoms with van der Waals surface area (Å²) in [5, 5.41) is 9.40. The molecule has 2 rings (SSSR count). The number of rotatable bonds is 4. The van der Waals surface area contributed by atoms with Gasteiger partial charge in [0.1, 0.15) is 5.75 Å². The van der Waals surface area contributed by atoms with Gasteiger partial charge in [-0.05, 0) is 31.4 Å². The SMILES string of the molecule is Cc1cccc(C)c1OCCC(=O)N1CC[C@@H](O)C1. The first-order valence-electron chi connectivity index (χ1n) is 6.73. The summed E-state index contributed by atoms with van der Waals surface area (Å²) in [6, 6.07) is 6.00. The largest absolute Gasteiger partial charge is 0.493 e. The fourth-order valence-electron chi connectivity index (χ4n) is 2.39. The number of likely N-dealkylation sites (tertiary alicyclic amines) is 1. The maximum absolute atomic E-state index is 11.9. The van der Waals surface area contributed by atoms with Crippen molar-refractivity contribution >= 4 is 5.91 Å². The van der Waals surface area contributed by atoms with Crippen molar-refractivity contribution in [1.29, 1.82) is 0 Å². The number of aliphatic hydroxyl groups is 1. The normalized spacial score (nSPS) is 18.7. The molecule has 0 spiro atoms. The Bertz CT molecular complexity index is 438. The molecule has 0 saturated carbocycles. The number of carbonyl (C=O) groups excluding carboxylic acids is 1. The predicted molar refractivity (Wildman–Crippen MR) is 73.2 cm³/mol. The first-order chi connectivity index (χ1) is 9.08. The maximum Gasteiger partial charge on any atom is 0.226 e. The van der Waals surface area contributed by atoms with Crippen LogP contribution in [0.5, 0.6) is 5.75 Å². The molecule has 1 aliphatic rings. The summed E-state index contributed by atoms with van der Waals surface area (Å²) in [5.74, 6) is 0.930. The molecule has 1 N–H and O–H groups in total. The summed E-state index contributed by atoms with van der Waals surface area (Å²) >= 11 is 0. The Morgan fingerprint density at radius 1 is 1.42 bits per heavy atom. The van der Waals surface area contributed by atoms with Gasteiger partial charge in [0.05, 0.1) is 19.1 Å². The topological polar surface area (TPSA) is 49.8 Å². The molecule has 1 aromatic carbocycles. The van der Waals surface area contributed by atoms with E-state index in [0.29, 0.717) is 32.5 Å².